The molecule has 1 aromatic carbocycles. The summed E-state index contributed by atoms with van der Waals surface area (Å²) in [5, 5.41) is 0. The average molecular weight is 259 g/mol. The Morgan fingerprint density at radius 2 is 1.68 bits per heavy atom. The first kappa shape index (κ1) is 14.6. The Morgan fingerprint density at radius 1 is 1.11 bits per heavy atom. The number of hydrogen-bond acceptors (Lipinski definition) is 1. The summed E-state index contributed by atoms with van der Waals surface area (Å²) < 4.78 is 0. The Morgan fingerprint density at radius 3 is 2.16 bits per heavy atom. The zero-order chi connectivity index (χ0) is 13.9. The van der Waals surface area contributed by atoms with Gasteiger partial charge in [0.25, 0.3) is 0 Å². The third-order valence-electron chi connectivity index (χ3n) is 4.95. The lowest BCUT2D eigenvalue weighted by molar-refractivity contribution is 0.222. The summed E-state index contributed by atoms with van der Waals surface area (Å²) >= 11 is 0. The first-order valence-corrected chi connectivity index (χ1v) is 7.92. The molecule has 1 nitrogen and oxygen atoms in total. The molecule has 0 aromatic heterocycles. The summed E-state index contributed by atoms with van der Waals surface area (Å²) in [5.74, 6) is 0.719. The summed E-state index contributed by atoms with van der Waals surface area (Å²) in [4.78, 5) is 0. The number of benzene rings is 1. The van der Waals surface area contributed by atoms with Gasteiger partial charge in [0.1, 0.15) is 0 Å². The zero-order valence-corrected chi connectivity index (χ0v) is 12.8. The second kappa shape index (κ2) is 6.09. The van der Waals surface area contributed by atoms with Gasteiger partial charge in [-0.2, -0.15) is 0 Å². The first-order valence-electron chi connectivity index (χ1n) is 7.92. The molecule has 1 fully saturated rings. The van der Waals surface area contributed by atoms with Crippen molar-refractivity contribution in [3.05, 3.63) is 35.4 Å². The molecule has 1 aromatic rings. The van der Waals surface area contributed by atoms with Crippen molar-refractivity contribution in [1.82, 2.24) is 0 Å². The van der Waals surface area contributed by atoms with Crippen LogP contribution < -0.4 is 5.73 Å². The molecule has 0 aliphatic heterocycles. The molecule has 0 heterocycles. The van der Waals surface area contributed by atoms with Crippen molar-refractivity contribution in [2.75, 3.05) is 0 Å². The molecule has 1 aliphatic rings. The quantitative estimate of drug-likeness (QED) is 0.803. The summed E-state index contributed by atoms with van der Waals surface area (Å²) in [7, 11) is 0. The van der Waals surface area contributed by atoms with E-state index in [4.69, 9.17) is 5.73 Å². The molecule has 1 heteroatoms. The minimum atomic E-state index is 0.216. The highest BCUT2D eigenvalue weighted by atomic mass is 14.7. The average Bonchev–Trinajstić information content (AvgIpc) is 2.88. The standard InChI is InChI=1S/C18H29N/c1-4-18(11-5-6-12-18)17(19)16-9-7-15(8-10-16)13-14(2)3/h7-10,14,17H,4-6,11-13,19H2,1-3H3. The maximum atomic E-state index is 6.60. The van der Waals surface area contributed by atoms with Crippen LogP contribution in [0, 0.1) is 11.3 Å². The van der Waals surface area contributed by atoms with E-state index in [1.54, 1.807) is 0 Å². The van der Waals surface area contributed by atoms with E-state index in [1.165, 1.54) is 43.2 Å². The normalized spacial score (nSPS) is 19.8. The second-order valence-corrected chi connectivity index (χ2v) is 6.74. The van der Waals surface area contributed by atoms with Crippen LogP contribution in [0.5, 0.6) is 0 Å². The smallest absolute Gasteiger partial charge is 0.0351 e. The van der Waals surface area contributed by atoms with Crippen LogP contribution in [0.3, 0.4) is 0 Å². The second-order valence-electron chi connectivity index (χ2n) is 6.74. The molecule has 0 saturated heterocycles. The van der Waals surface area contributed by atoms with Gasteiger partial charge in [0.15, 0.2) is 0 Å². The van der Waals surface area contributed by atoms with Crippen molar-refractivity contribution in [3.63, 3.8) is 0 Å². The van der Waals surface area contributed by atoms with E-state index < -0.39 is 0 Å². The van der Waals surface area contributed by atoms with E-state index in [0.717, 1.165) is 12.3 Å². The highest BCUT2D eigenvalue weighted by Crippen LogP contribution is 2.48. The van der Waals surface area contributed by atoms with Crippen LogP contribution >= 0.6 is 0 Å². The molecule has 0 spiro atoms. The molecule has 0 radical (unpaired) electrons. The van der Waals surface area contributed by atoms with Crippen molar-refractivity contribution in [2.24, 2.45) is 17.1 Å². The van der Waals surface area contributed by atoms with Crippen LogP contribution in [-0.2, 0) is 6.42 Å². The Labute approximate surface area is 118 Å². The summed E-state index contributed by atoms with van der Waals surface area (Å²) in [5.41, 5.74) is 9.72. The summed E-state index contributed by atoms with van der Waals surface area (Å²) in [6.45, 7) is 6.84. The molecule has 19 heavy (non-hydrogen) atoms. The molecular formula is C18H29N. The molecular weight excluding hydrogens is 230 g/mol. The molecule has 1 saturated carbocycles. The van der Waals surface area contributed by atoms with Crippen molar-refractivity contribution in [1.29, 1.82) is 0 Å². The molecule has 1 atom stereocenters. The molecule has 2 N–H and O–H groups in total. The lowest BCUT2D eigenvalue weighted by atomic mass is 9.74. The Kier molecular flexibility index (Phi) is 4.67. The predicted octanol–water partition coefficient (Wildman–Crippen LogP) is 4.86. The van der Waals surface area contributed by atoms with Gasteiger partial charge < -0.3 is 5.73 Å². The Hall–Kier alpha value is -0.820. The third kappa shape index (κ3) is 3.20. The molecule has 2 rings (SSSR count). The summed E-state index contributed by atoms with van der Waals surface area (Å²) in [6, 6.07) is 9.28. The van der Waals surface area contributed by atoms with E-state index in [0.29, 0.717) is 5.41 Å². The van der Waals surface area contributed by atoms with Gasteiger partial charge in [0.05, 0.1) is 0 Å². The minimum absolute atomic E-state index is 0.216. The van der Waals surface area contributed by atoms with Crippen molar-refractivity contribution in [2.45, 2.75) is 65.3 Å². The fraction of sp³-hybridized carbons (Fsp3) is 0.667. The first-order chi connectivity index (χ1) is 9.07. The van der Waals surface area contributed by atoms with Gasteiger partial charge in [-0.3, -0.25) is 0 Å². The number of rotatable bonds is 5. The van der Waals surface area contributed by atoms with E-state index in [9.17, 15) is 0 Å². The summed E-state index contributed by atoms with van der Waals surface area (Å²) in [6.07, 6.45) is 7.69. The third-order valence-corrected chi connectivity index (χ3v) is 4.95. The van der Waals surface area contributed by atoms with Crippen molar-refractivity contribution in [3.8, 4) is 0 Å². The van der Waals surface area contributed by atoms with E-state index >= 15 is 0 Å². The van der Waals surface area contributed by atoms with Gasteiger partial charge in [-0.25, -0.2) is 0 Å². The number of hydrogen-bond donors (Lipinski definition) is 1. The van der Waals surface area contributed by atoms with Gasteiger partial charge >= 0.3 is 0 Å². The highest BCUT2D eigenvalue weighted by molar-refractivity contribution is 5.27. The maximum absolute atomic E-state index is 6.60. The molecule has 106 valence electrons. The van der Waals surface area contributed by atoms with E-state index in [-0.39, 0.29) is 6.04 Å². The topological polar surface area (TPSA) is 26.0 Å². The van der Waals surface area contributed by atoms with Gasteiger partial charge in [0.2, 0.25) is 0 Å². The highest BCUT2D eigenvalue weighted by Gasteiger charge is 2.38. The van der Waals surface area contributed by atoms with Crippen LogP contribution in [0.15, 0.2) is 24.3 Å². The van der Waals surface area contributed by atoms with Crippen molar-refractivity contribution >= 4 is 0 Å². The Bertz CT molecular complexity index is 385. The minimum Gasteiger partial charge on any atom is -0.323 e. The SMILES string of the molecule is CCC1(C(N)c2ccc(CC(C)C)cc2)CCCC1. The van der Waals surface area contributed by atoms with E-state index in [1.807, 2.05) is 0 Å². The van der Waals surface area contributed by atoms with Crippen LogP contribution in [0.2, 0.25) is 0 Å². The largest absolute Gasteiger partial charge is 0.323 e. The van der Waals surface area contributed by atoms with Crippen LogP contribution in [0.25, 0.3) is 0 Å². The predicted molar refractivity (Wildman–Crippen MR) is 83.1 cm³/mol. The molecule has 1 unspecified atom stereocenters. The Balaban J connectivity index is 2.12. The van der Waals surface area contributed by atoms with Gasteiger partial charge in [-0.05, 0) is 48.1 Å². The van der Waals surface area contributed by atoms with Crippen LogP contribution in [0.4, 0.5) is 0 Å². The number of nitrogens with two attached hydrogens (primary N) is 1. The fourth-order valence-electron chi connectivity index (χ4n) is 3.65. The molecule has 1 aliphatic carbocycles. The van der Waals surface area contributed by atoms with Crippen molar-refractivity contribution < 1.29 is 0 Å². The van der Waals surface area contributed by atoms with Gasteiger partial charge in [0, 0.05) is 6.04 Å². The lowest BCUT2D eigenvalue weighted by Crippen LogP contribution is -2.31. The zero-order valence-electron chi connectivity index (χ0n) is 12.8. The monoisotopic (exact) mass is 259 g/mol. The fourth-order valence-corrected chi connectivity index (χ4v) is 3.65. The molecule has 0 bridgehead atoms. The van der Waals surface area contributed by atoms with Gasteiger partial charge in [-0.1, -0.05) is 57.9 Å². The van der Waals surface area contributed by atoms with Crippen LogP contribution in [0.1, 0.15) is 70.0 Å². The molecule has 0 amide bonds. The van der Waals surface area contributed by atoms with Gasteiger partial charge in [-0.15, -0.1) is 0 Å². The van der Waals surface area contributed by atoms with E-state index in [2.05, 4.69) is 45.0 Å². The maximum Gasteiger partial charge on any atom is 0.0351 e. The van der Waals surface area contributed by atoms with Crippen LogP contribution in [-0.4, -0.2) is 0 Å². The lowest BCUT2D eigenvalue weighted by Gasteiger charge is -2.34.